The van der Waals surface area contributed by atoms with Gasteiger partial charge >= 0.3 is 0 Å². The minimum Gasteiger partial charge on any atom is -0.497 e. The Bertz CT molecular complexity index is 530. The van der Waals surface area contributed by atoms with Crippen LogP contribution in [0, 0.1) is 0 Å². The number of carbonyl (C=O) groups excluding carboxylic acids is 2. The Balaban J connectivity index is 0.00000127. The first-order valence-electron chi connectivity index (χ1n) is 7.94. The van der Waals surface area contributed by atoms with Crippen LogP contribution in [0.3, 0.4) is 0 Å². The number of ether oxygens (including phenoxy) is 1. The number of hydrogen-bond donors (Lipinski definition) is 0. The molecule has 0 aliphatic carbocycles. The fraction of sp³-hybridized carbons (Fsp3) is 0.444. The average Bonchev–Trinajstić information content (AvgIpc) is 2.61. The number of nitrogens with zero attached hydrogens (tertiary/aromatic N) is 2. The Hall–Kier alpha value is -2.14. The van der Waals surface area contributed by atoms with Gasteiger partial charge in [-0.1, -0.05) is 13.8 Å². The maximum absolute atomic E-state index is 12.0. The fourth-order valence-corrected chi connectivity index (χ4v) is 2.13. The highest BCUT2D eigenvalue weighted by Gasteiger charge is 2.17. The van der Waals surface area contributed by atoms with E-state index in [1.54, 1.807) is 36.3 Å². The molecule has 0 saturated carbocycles. The van der Waals surface area contributed by atoms with Gasteiger partial charge in [-0.2, -0.15) is 0 Å². The van der Waals surface area contributed by atoms with Crippen molar-refractivity contribution < 1.29 is 14.3 Å². The minimum atomic E-state index is -0.180. The summed E-state index contributed by atoms with van der Waals surface area (Å²) < 4.78 is 5.04. The first kappa shape index (κ1) is 18.9. The lowest BCUT2D eigenvalue weighted by Crippen LogP contribution is -2.46. The van der Waals surface area contributed by atoms with Gasteiger partial charge in [0, 0.05) is 37.8 Å². The summed E-state index contributed by atoms with van der Waals surface area (Å²) in [6.45, 7) is 7.14. The Morgan fingerprint density at radius 3 is 2.09 bits per heavy atom. The average molecular weight is 318 g/mol. The van der Waals surface area contributed by atoms with E-state index in [-0.39, 0.29) is 11.7 Å². The summed E-state index contributed by atoms with van der Waals surface area (Å²) in [5.74, 6) is 0.411. The van der Waals surface area contributed by atoms with Crippen molar-refractivity contribution in [2.24, 2.45) is 0 Å². The molecule has 1 aliphatic rings. The highest BCUT2D eigenvalue weighted by molar-refractivity contribution is 6.07. The zero-order valence-electron chi connectivity index (χ0n) is 14.4. The van der Waals surface area contributed by atoms with E-state index in [0.29, 0.717) is 24.4 Å². The van der Waals surface area contributed by atoms with Crippen LogP contribution in [-0.4, -0.2) is 61.8 Å². The summed E-state index contributed by atoms with van der Waals surface area (Å²) in [6.07, 6.45) is 2.69. The van der Waals surface area contributed by atoms with E-state index >= 15 is 0 Å². The zero-order chi connectivity index (χ0) is 17.2. The first-order chi connectivity index (χ1) is 11.1. The van der Waals surface area contributed by atoms with Gasteiger partial charge in [-0.3, -0.25) is 9.59 Å². The lowest BCUT2D eigenvalue weighted by molar-refractivity contribution is -0.127. The van der Waals surface area contributed by atoms with Gasteiger partial charge < -0.3 is 14.5 Å². The highest BCUT2D eigenvalue weighted by Crippen LogP contribution is 2.12. The van der Waals surface area contributed by atoms with Crippen LogP contribution in [-0.2, 0) is 4.79 Å². The molecule has 1 fully saturated rings. The van der Waals surface area contributed by atoms with Crippen LogP contribution in [0.25, 0.3) is 0 Å². The molecule has 0 bridgehead atoms. The smallest absolute Gasteiger partial charge is 0.246 e. The first-order valence-corrected chi connectivity index (χ1v) is 7.94. The zero-order valence-corrected chi connectivity index (χ0v) is 14.4. The van der Waals surface area contributed by atoms with Crippen LogP contribution in [0.4, 0.5) is 0 Å². The van der Waals surface area contributed by atoms with Gasteiger partial charge in [-0.15, -0.1) is 0 Å². The molecule has 0 aromatic heterocycles. The molecule has 23 heavy (non-hydrogen) atoms. The molecule has 126 valence electrons. The number of benzene rings is 1. The summed E-state index contributed by atoms with van der Waals surface area (Å²) in [5.41, 5.74) is 0.540. The second-order valence-electron chi connectivity index (χ2n) is 5.05. The SMILES string of the molecule is CC.COc1ccc(C(=O)/C=C/C(=O)N2CCN(C)CC2)cc1. The van der Waals surface area contributed by atoms with Crippen molar-refractivity contribution in [2.45, 2.75) is 13.8 Å². The Morgan fingerprint density at radius 2 is 1.57 bits per heavy atom. The second kappa shape index (κ2) is 9.79. The van der Waals surface area contributed by atoms with Crippen molar-refractivity contribution in [3.8, 4) is 5.75 Å². The van der Waals surface area contributed by atoms with Crippen LogP contribution in [0.5, 0.6) is 5.75 Å². The van der Waals surface area contributed by atoms with E-state index in [4.69, 9.17) is 4.74 Å². The summed E-state index contributed by atoms with van der Waals surface area (Å²) in [7, 11) is 3.61. The van der Waals surface area contributed by atoms with Crippen molar-refractivity contribution in [3.63, 3.8) is 0 Å². The van der Waals surface area contributed by atoms with Crippen LogP contribution >= 0.6 is 0 Å². The molecule has 1 heterocycles. The Labute approximate surface area is 138 Å². The van der Waals surface area contributed by atoms with Gasteiger partial charge in [0.05, 0.1) is 7.11 Å². The standard InChI is InChI=1S/C16H20N2O3.C2H6/c1-17-9-11-18(12-10-17)16(20)8-7-15(19)13-3-5-14(21-2)6-4-13;1-2/h3-8H,9-12H2,1-2H3;1-2H3/b8-7+;. The van der Waals surface area contributed by atoms with E-state index < -0.39 is 0 Å². The monoisotopic (exact) mass is 318 g/mol. The molecule has 5 nitrogen and oxygen atoms in total. The number of ketones is 1. The summed E-state index contributed by atoms with van der Waals surface area (Å²) in [6, 6.07) is 6.82. The molecule has 1 aromatic rings. The van der Waals surface area contributed by atoms with Gasteiger partial charge in [0.1, 0.15) is 5.75 Å². The molecule has 0 N–H and O–H groups in total. The van der Waals surface area contributed by atoms with Crippen molar-refractivity contribution in [1.29, 1.82) is 0 Å². The third-order valence-electron chi connectivity index (χ3n) is 3.57. The summed E-state index contributed by atoms with van der Waals surface area (Å²) >= 11 is 0. The molecule has 0 atom stereocenters. The van der Waals surface area contributed by atoms with Gasteiger partial charge in [-0.05, 0) is 37.4 Å². The van der Waals surface area contributed by atoms with Gasteiger partial charge in [0.15, 0.2) is 5.78 Å². The van der Waals surface area contributed by atoms with E-state index in [2.05, 4.69) is 4.90 Å². The molecule has 1 amide bonds. The topological polar surface area (TPSA) is 49.9 Å². The molecule has 5 heteroatoms. The molecule has 1 aliphatic heterocycles. The molecule has 0 radical (unpaired) electrons. The van der Waals surface area contributed by atoms with E-state index in [1.165, 1.54) is 12.2 Å². The molecule has 1 aromatic carbocycles. The lowest BCUT2D eigenvalue weighted by Gasteiger charge is -2.31. The maximum atomic E-state index is 12.0. The molecule has 0 unspecified atom stereocenters. The number of allylic oxidation sites excluding steroid dienone is 1. The number of amides is 1. The summed E-state index contributed by atoms with van der Waals surface area (Å²) in [4.78, 5) is 27.9. The molecule has 2 rings (SSSR count). The lowest BCUT2D eigenvalue weighted by atomic mass is 10.1. The third kappa shape index (κ3) is 5.87. The van der Waals surface area contributed by atoms with Crippen LogP contribution in [0.2, 0.25) is 0 Å². The van der Waals surface area contributed by atoms with Gasteiger partial charge in [-0.25, -0.2) is 0 Å². The second-order valence-corrected chi connectivity index (χ2v) is 5.05. The molecular formula is C18H26N2O3. The number of carbonyl (C=O) groups is 2. The number of piperazine rings is 1. The van der Waals surface area contributed by atoms with E-state index in [0.717, 1.165) is 13.1 Å². The maximum Gasteiger partial charge on any atom is 0.246 e. The van der Waals surface area contributed by atoms with Crippen molar-refractivity contribution in [1.82, 2.24) is 9.80 Å². The number of likely N-dealkylation sites (N-methyl/N-ethyl adjacent to an activating group) is 1. The molecular weight excluding hydrogens is 292 g/mol. The fourth-order valence-electron chi connectivity index (χ4n) is 2.13. The van der Waals surface area contributed by atoms with Crippen molar-refractivity contribution in [2.75, 3.05) is 40.3 Å². The van der Waals surface area contributed by atoms with Crippen molar-refractivity contribution >= 4 is 11.7 Å². The largest absolute Gasteiger partial charge is 0.497 e. The van der Waals surface area contributed by atoms with Crippen LogP contribution in [0.1, 0.15) is 24.2 Å². The highest BCUT2D eigenvalue weighted by atomic mass is 16.5. The summed E-state index contributed by atoms with van der Waals surface area (Å²) in [5, 5.41) is 0. The predicted octanol–water partition coefficient (Wildman–Crippen LogP) is 2.23. The number of rotatable bonds is 4. The Morgan fingerprint density at radius 1 is 1.00 bits per heavy atom. The number of methoxy groups -OCH3 is 1. The van der Waals surface area contributed by atoms with Crippen molar-refractivity contribution in [3.05, 3.63) is 42.0 Å². The van der Waals surface area contributed by atoms with E-state index in [9.17, 15) is 9.59 Å². The van der Waals surface area contributed by atoms with Crippen LogP contribution < -0.4 is 4.74 Å². The Kier molecular flexibility index (Phi) is 8.05. The van der Waals surface area contributed by atoms with Gasteiger partial charge in [0.25, 0.3) is 0 Å². The quantitative estimate of drug-likeness (QED) is 0.631. The van der Waals surface area contributed by atoms with Gasteiger partial charge in [0.2, 0.25) is 5.91 Å². The predicted molar refractivity (Wildman–Crippen MR) is 91.9 cm³/mol. The molecule has 0 spiro atoms. The normalized spacial score (nSPS) is 15.0. The van der Waals surface area contributed by atoms with E-state index in [1.807, 2.05) is 20.9 Å². The molecule has 1 saturated heterocycles. The third-order valence-corrected chi connectivity index (χ3v) is 3.57. The van der Waals surface area contributed by atoms with Crippen LogP contribution in [0.15, 0.2) is 36.4 Å². The minimum absolute atomic E-state index is 0.107. The number of hydrogen-bond acceptors (Lipinski definition) is 4.